The molecule has 5 nitrogen and oxygen atoms in total. The largest absolute Gasteiger partial charge is 0.395 e. The summed E-state index contributed by atoms with van der Waals surface area (Å²) in [6, 6.07) is -0.0688. The third-order valence-electron chi connectivity index (χ3n) is 4.58. The SMILES string of the molecule is CC(C)(C)C(=O)N1CCCC1C(=O)N(CCO)C1CCC1. The Morgan fingerprint density at radius 2 is 1.86 bits per heavy atom. The number of hydrogen-bond acceptors (Lipinski definition) is 3. The lowest BCUT2D eigenvalue weighted by atomic mass is 9.90. The highest BCUT2D eigenvalue weighted by atomic mass is 16.3. The van der Waals surface area contributed by atoms with Crippen LogP contribution in [0, 0.1) is 5.41 Å². The van der Waals surface area contributed by atoms with Gasteiger partial charge in [-0.3, -0.25) is 9.59 Å². The van der Waals surface area contributed by atoms with Crippen molar-refractivity contribution in [3.8, 4) is 0 Å². The van der Waals surface area contributed by atoms with Crippen LogP contribution in [0.3, 0.4) is 0 Å². The van der Waals surface area contributed by atoms with Crippen LogP contribution in [0.4, 0.5) is 0 Å². The highest BCUT2D eigenvalue weighted by molar-refractivity contribution is 5.90. The molecule has 1 heterocycles. The molecule has 0 aromatic heterocycles. The van der Waals surface area contributed by atoms with Crippen LogP contribution in [-0.4, -0.2) is 58.5 Å². The van der Waals surface area contributed by atoms with E-state index in [0.29, 0.717) is 13.1 Å². The monoisotopic (exact) mass is 296 g/mol. The third-order valence-corrected chi connectivity index (χ3v) is 4.58. The summed E-state index contributed by atoms with van der Waals surface area (Å²) in [4.78, 5) is 28.9. The van der Waals surface area contributed by atoms with Crippen LogP contribution in [0.2, 0.25) is 0 Å². The molecule has 1 saturated heterocycles. The van der Waals surface area contributed by atoms with E-state index in [4.69, 9.17) is 0 Å². The van der Waals surface area contributed by atoms with Crippen LogP contribution < -0.4 is 0 Å². The molecule has 2 aliphatic rings. The van der Waals surface area contributed by atoms with E-state index in [-0.39, 0.29) is 30.5 Å². The van der Waals surface area contributed by atoms with Crippen molar-refractivity contribution < 1.29 is 14.7 Å². The molecule has 2 rings (SSSR count). The first-order chi connectivity index (χ1) is 9.86. The summed E-state index contributed by atoms with van der Waals surface area (Å²) in [6.07, 6.45) is 4.82. The van der Waals surface area contributed by atoms with Crippen molar-refractivity contribution in [2.45, 2.75) is 65.0 Å². The molecule has 1 aliphatic heterocycles. The molecule has 2 fully saturated rings. The summed E-state index contributed by atoms with van der Waals surface area (Å²) in [5.41, 5.74) is -0.457. The van der Waals surface area contributed by atoms with Crippen LogP contribution in [-0.2, 0) is 9.59 Å². The molecule has 21 heavy (non-hydrogen) atoms. The van der Waals surface area contributed by atoms with Crippen molar-refractivity contribution in [2.75, 3.05) is 19.7 Å². The fourth-order valence-corrected chi connectivity index (χ4v) is 3.17. The average Bonchev–Trinajstić information content (AvgIpc) is 2.82. The van der Waals surface area contributed by atoms with Gasteiger partial charge in [-0.15, -0.1) is 0 Å². The second kappa shape index (κ2) is 6.34. The predicted octanol–water partition coefficient (Wildman–Crippen LogP) is 1.40. The maximum atomic E-state index is 12.8. The Bertz CT molecular complexity index is 399. The zero-order chi connectivity index (χ0) is 15.6. The number of aliphatic hydroxyl groups excluding tert-OH is 1. The molecule has 0 radical (unpaired) electrons. The third kappa shape index (κ3) is 3.39. The van der Waals surface area contributed by atoms with Gasteiger partial charge in [0, 0.05) is 24.5 Å². The highest BCUT2D eigenvalue weighted by Crippen LogP contribution is 2.30. The summed E-state index contributed by atoms with van der Waals surface area (Å²) < 4.78 is 0. The van der Waals surface area contributed by atoms with Crippen molar-refractivity contribution in [3.05, 3.63) is 0 Å². The summed E-state index contributed by atoms with van der Waals surface area (Å²) in [7, 11) is 0. The average molecular weight is 296 g/mol. The van der Waals surface area contributed by atoms with Crippen molar-refractivity contribution in [1.29, 1.82) is 0 Å². The molecule has 1 aliphatic carbocycles. The van der Waals surface area contributed by atoms with E-state index >= 15 is 0 Å². The van der Waals surface area contributed by atoms with Gasteiger partial charge in [0.1, 0.15) is 6.04 Å². The Hall–Kier alpha value is -1.10. The number of amides is 2. The van der Waals surface area contributed by atoms with Crippen molar-refractivity contribution in [2.24, 2.45) is 5.41 Å². The highest BCUT2D eigenvalue weighted by Gasteiger charge is 2.41. The lowest BCUT2D eigenvalue weighted by Crippen LogP contribution is -2.55. The second-order valence-electron chi connectivity index (χ2n) is 7.25. The number of likely N-dealkylation sites (tertiary alicyclic amines) is 1. The van der Waals surface area contributed by atoms with E-state index in [2.05, 4.69) is 0 Å². The molecule has 0 aromatic carbocycles. The number of rotatable bonds is 4. The number of aliphatic hydroxyl groups is 1. The van der Waals surface area contributed by atoms with Crippen LogP contribution in [0.1, 0.15) is 52.9 Å². The van der Waals surface area contributed by atoms with Crippen LogP contribution in [0.25, 0.3) is 0 Å². The maximum Gasteiger partial charge on any atom is 0.245 e. The standard InChI is InChI=1S/C16H28N2O3/c1-16(2,3)15(21)18-9-5-8-13(18)14(20)17(10-11-19)12-6-4-7-12/h12-13,19H,4-11H2,1-3H3. The molecular formula is C16H28N2O3. The van der Waals surface area contributed by atoms with Crippen LogP contribution in [0.5, 0.6) is 0 Å². The van der Waals surface area contributed by atoms with E-state index < -0.39 is 5.41 Å². The summed E-state index contributed by atoms with van der Waals surface area (Å²) in [5, 5.41) is 9.23. The van der Waals surface area contributed by atoms with Gasteiger partial charge in [-0.25, -0.2) is 0 Å². The van der Waals surface area contributed by atoms with Gasteiger partial charge < -0.3 is 14.9 Å². The fourth-order valence-electron chi connectivity index (χ4n) is 3.17. The summed E-state index contributed by atoms with van der Waals surface area (Å²) in [6.45, 7) is 6.73. The van der Waals surface area contributed by atoms with Crippen LogP contribution >= 0.6 is 0 Å². The van der Waals surface area contributed by atoms with Crippen molar-refractivity contribution in [3.63, 3.8) is 0 Å². The number of hydrogen-bond donors (Lipinski definition) is 1. The molecule has 1 saturated carbocycles. The Morgan fingerprint density at radius 3 is 2.33 bits per heavy atom. The minimum Gasteiger partial charge on any atom is -0.395 e. The first-order valence-electron chi connectivity index (χ1n) is 8.08. The van der Waals surface area contributed by atoms with Gasteiger partial charge in [0.15, 0.2) is 0 Å². The van der Waals surface area contributed by atoms with Gasteiger partial charge in [-0.2, -0.15) is 0 Å². The molecule has 0 aromatic rings. The molecule has 2 amide bonds. The van der Waals surface area contributed by atoms with Gasteiger partial charge in [-0.05, 0) is 32.1 Å². The smallest absolute Gasteiger partial charge is 0.245 e. The van der Waals surface area contributed by atoms with E-state index in [9.17, 15) is 14.7 Å². The van der Waals surface area contributed by atoms with Gasteiger partial charge in [0.05, 0.1) is 6.61 Å². The van der Waals surface area contributed by atoms with Gasteiger partial charge >= 0.3 is 0 Å². The molecule has 1 atom stereocenters. The number of nitrogens with zero attached hydrogens (tertiary/aromatic N) is 2. The quantitative estimate of drug-likeness (QED) is 0.853. The zero-order valence-electron chi connectivity index (χ0n) is 13.5. The molecular weight excluding hydrogens is 268 g/mol. The predicted molar refractivity (Wildman–Crippen MR) is 80.6 cm³/mol. The molecule has 0 spiro atoms. The Kier molecular flexibility index (Phi) is 4.91. The normalized spacial score (nSPS) is 23.0. The minimum atomic E-state index is -0.457. The molecule has 1 unspecified atom stereocenters. The number of carbonyl (C=O) groups is 2. The van der Waals surface area contributed by atoms with E-state index in [0.717, 1.165) is 32.1 Å². The van der Waals surface area contributed by atoms with Crippen molar-refractivity contribution >= 4 is 11.8 Å². The molecule has 5 heteroatoms. The van der Waals surface area contributed by atoms with E-state index in [1.54, 1.807) is 4.90 Å². The molecule has 120 valence electrons. The second-order valence-corrected chi connectivity index (χ2v) is 7.25. The van der Waals surface area contributed by atoms with Crippen LogP contribution in [0.15, 0.2) is 0 Å². The lowest BCUT2D eigenvalue weighted by molar-refractivity contribution is -0.150. The summed E-state index contributed by atoms with van der Waals surface area (Å²) >= 11 is 0. The number of carbonyl (C=O) groups excluding carboxylic acids is 2. The van der Waals surface area contributed by atoms with Gasteiger partial charge in [0.2, 0.25) is 11.8 Å². The Morgan fingerprint density at radius 1 is 1.19 bits per heavy atom. The van der Waals surface area contributed by atoms with E-state index in [1.807, 2.05) is 25.7 Å². The first kappa shape index (κ1) is 16.3. The van der Waals surface area contributed by atoms with Gasteiger partial charge in [-0.1, -0.05) is 20.8 Å². The van der Waals surface area contributed by atoms with E-state index in [1.165, 1.54) is 0 Å². The zero-order valence-corrected chi connectivity index (χ0v) is 13.5. The topological polar surface area (TPSA) is 60.9 Å². The van der Waals surface area contributed by atoms with Gasteiger partial charge in [0.25, 0.3) is 0 Å². The maximum absolute atomic E-state index is 12.8. The minimum absolute atomic E-state index is 0.0117. The molecule has 0 bridgehead atoms. The molecule has 1 N–H and O–H groups in total. The Balaban J connectivity index is 2.10. The summed E-state index contributed by atoms with van der Waals surface area (Å²) in [5.74, 6) is 0.0831. The Labute approximate surface area is 127 Å². The van der Waals surface area contributed by atoms with Crippen molar-refractivity contribution in [1.82, 2.24) is 9.80 Å². The first-order valence-corrected chi connectivity index (χ1v) is 8.08. The lowest BCUT2D eigenvalue weighted by Gasteiger charge is -2.40. The fraction of sp³-hybridized carbons (Fsp3) is 0.875.